The highest BCUT2D eigenvalue weighted by Gasteiger charge is 2.14. The Morgan fingerprint density at radius 1 is 1.00 bits per heavy atom. The van der Waals surface area contributed by atoms with E-state index in [-0.39, 0.29) is 17.9 Å². The second-order valence-electron chi connectivity index (χ2n) is 6.85. The normalized spacial score (nSPS) is 10.9. The van der Waals surface area contributed by atoms with Crippen LogP contribution in [0.3, 0.4) is 0 Å². The fraction of sp³-hybridized carbons (Fsp3) is 0.429. The first-order chi connectivity index (χ1) is 11.4. The van der Waals surface area contributed by atoms with E-state index in [2.05, 4.69) is 63.3 Å². The van der Waals surface area contributed by atoms with E-state index >= 15 is 0 Å². The van der Waals surface area contributed by atoms with E-state index in [1.807, 2.05) is 12.1 Å². The maximum absolute atomic E-state index is 5.95. The quantitative estimate of drug-likeness (QED) is 0.691. The molecule has 0 amide bonds. The van der Waals surface area contributed by atoms with Crippen LogP contribution < -0.4 is 14.8 Å². The summed E-state index contributed by atoms with van der Waals surface area (Å²) in [6.07, 6.45) is 1.09. The van der Waals surface area contributed by atoms with Crippen LogP contribution in [-0.2, 0) is 13.2 Å². The number of methoxy groups -OCH3 is 1. The molecule has 0 saturated heterocycles. The molecule has 0 radical (unpaired) electrons. The number of hydrogen-bond acceptors (Lipinski definition) is 3. The fourth-order valence-electron chi connectivity index (χ4n) is 2.37. The predicted molar refractivity (Wildman–Crippen MR) is 107 cm³/mol. The monoisotopic (exact) mass is 363 g/mol. The molecule has 0 aliphatic carbocycles. The molecule has 2 aromatic carbocycles. The Kier molecular flexibility index (Phi) is 8.27. The van der Waals surface area contributed by atoms with Crippen molar-refractivity contribution in [3.05, 3.63) is 59.2 Å². The minimum atomic E-state index is 0. The maximum Gasteiger partial charge on any atom is 0.161 e. The van der Waals surface area contributed by atoms with Crippen LogP contribution in [0.25, 0.3) is 0 Å². The van der Waals surface area contributed by atoms with Gasteiger partial charge in [0.05, 0.1) is 7.11 Å². The lowest BCUT2D eigenvalue weighted by molar-refractivity contribution is 0.284. The standard InChI is InChI=1S/C21H29NO2.ClH/c1-6-21(3,4)22-14-17-10-11-19(20(13-17)23-5)24-15-18-9-7-8-16(2)12-18;/h7-13,22H,6,14-15H2,1-5H3;1H. The van der Waals surface area contributed by atoms with E-state index in [4.69, 9.17) is 9.47 Å². The molecule has 0 unspecified atom stereocenters. The zero-order valence-electron chi connectivity index (χ0n) is 15.9. The second kappa shape index (κ2) is 9.69. The lowest BCUT2D eigenvalue weighted by atomic mass is 10.0. The number of rotatable bonds is 8. The zero-order valence-corrected chi connectivity index (χ0v) is 16.7. The molecule has 0 spiro atoms. The van der Waals surface area contributed by atoms with Crippen LogP contribution in [0.4, 0.5) is 0 Å². The van der Waals surface area contributed by atoms with Crippen molar-refractivity contribution in [3.63, 3.8) is 0 Å². The van der Waals surface area contributed by atoms with Crippen LogP contribution >= 0.6 is 12.4 Å². The van der Waals surface area contributed by atoms with Gasteiger partial charge in [0, 0.05) is 12.1 Å². The molecule has 0 saturated carbocycles. The van der Waals surface area contributed by atoms with E-state index in [0.29, 0.717) is 6.61 Å². The van der Waals surface area contributed by atoms with Gasteiger partial charge in [-0.25, -0.2) is 0 Å². The lowest BCUT2D eigenvalue weighted by Crippen LogP contribution is -2.37. The van der Waals surface area contributed by atoms with Crippen molar-refractivity contribution in [1.82, 2.24) is 5.32 Å². The summed E-state index contributed by atoms with van der Waals surface area (Å²) in [5, 5.41) is 3.56. The lowest BCUT2D eigenvalue weighted by Gasteiger charge is -2.24. The van der Waals surface area contributed by atoms with Crippen molar-refractivity contribution < 1.29 is 9.47 Å². The predicted octanol–water partition coefficient (Wildman–Crippen LogP) is 5.28. The third-order valence-corrected chi connectivity index (χ3v) is 4.36. The molecule has 138 valence electrons. The zero-order chi connectivity index (χ0) is 17.6. The first kappa shape index (κ1) is 21.3. The van der Waals surface area contributed by atoms with Gasteiger partial charge in [-0.15, -0.1) is 12.4 Å². The van der Waals surface area contributed by atoms with E-state index in [1.54, 1.807) is 7.11 Å². The summed E-state index contributed by atoms with van der Waals surface area (Å²) in [5.74, 6) is 1.55. The fourth-order valence-corrected chi connectivity index (χ4v) is 2.37. The van der Waals surface area contributed by atoms with Gasteiger partial charge in [-0.05, 0) is 50.5 Å². The highest BCUT2D eigenvalue weighted by molar-refractivity contribution is 5.85. The molecule has 0 heterocycles. The molecule has 3 nitrogen and oxygen atoms in total. The molecule has 0 aliphatic heterocycles. The molecule has 1 N–H and O–H groups in total. The van der Waals surface area contributed by atoms with Gasteiger partial charge in [0.15, 0.2) is 11.5 Å². The first-order valence-electron chi connectivity index (χ1n) is 8.54. The Balaban J connectivity index is 0.00000312. The Bertz CT molecular complexity index is 671. The van der Waals surface area contributed by atoms with E-state index in [0.717, 1.165) is 30.0 Å². The molecule has 4 heteroatoms. The number of ether oxygens (including phenoxy) is 2. The molecule has 25 heavy (non-hydrogen) atoms. The van der Waals surface area contributed by atoms with Crippen molar-refractivity contribution in [2.24, 2.45) is 0 Å². The molecule has 2 aromatic rings. The van der Waals surface area contributed by atoms with Gasteiger partial charge in [0.2, 0.25) is 0 Å². The van der Waals surface area contributed by atoms with Crippen LogP contribution in [0.5, 0.6) is 11.5 Å². The van der Waals surface area contributed by atoms with Gasteiger partial charge in [-0.2, -0.15) is 0 Å². The van der Waals surface area contributed by atoms with Crippen LogP contribution in [0.15, 0.2) is 42.5 Å². The van der Waals surface area contributed by atoms with Crippen LogP contribution in [0, 0.1) is 6.92 Å². The van der Waals surface area contributed by atoms with Crippen molar-refractivity contribution in [3.8, 4) is 11.5 Å². The number of benzene rings is 2. The molecular formula is C21H30ClNO2. The average molecular weight is 364 g/mol. The summed E-state index contributed by atoms with van der Waals surface area (Å²) >= 11 is 0. The van der Waals surface area contributed by atoms with Crippen molar-refractivity contribution in [2.45, 2.75) is 52.8 Å². The Hall–Kier alpha value is -1.71. The van der Waals surface area contributed by atoms with Gasteiger partial charge >= 0.3 is 0 Å². The third-order valence-electron chi connectivity index (χ3n) is 4.36. The summed E-state index contributed by atoms with van der Waals surface area (Å²) in [6.45, 7) is 10.1. The van der Waals surface area contributed by atoms with E-state index in [9.17, 15) is 0 Å². The van der Waals surface area contributed by atoms with Gasteiger partial charge in [0.1, 0.15) is 6.61 Å². The number of halogens is 1. The van der Waals surface area contributed by atoms with Crippen LogP contribution in [0.1, 0.15) is 43.9 Å². The molecule has 2 rings (SSSR count). The van der Waals surface area contributed by atoms with Gasteiger partial charge < -0.3 is 14.8 Å². The molecule has 0 atom stereocenters. The minimum Gasteiger partial charge on any atom is -0.493 e. The minimum absolute atomic E-state index is 0. The maximum atomic E-state index is 5.95. The van der Waals surface area contributed by atoms with E-state index in [1.165, 1.54) is 11.1 Å². The highest BCUT2D eigenvalue weighted by Crippen LogP contribution is 2.29. The number of nitrogens with one attached hydrogen (secondary N) is 1. The molecular weight excluding hydrogens is 334 g/mol. The molecule has 0 bridgehead atoms. The second-order valence-corrected chi connectivity index (χ2v) is 6.85. The average Bonchev–Trinajstić information content (AvgIpc) is 2.58. The SMILES string of the molecule is CCC(C)(C)NCc1ccc(OCc2cccc(C)c2)c(OC)c1.Cl. The smallest absolute Gasteiger partial charge is 0.161 e. The Labute approximate surface area is 158 Å². The van der Waals surface area contributed by atoms with Crippen molar-refractivity contribution in [1.29, 1.82) is 0 Å². The largest absolute Gasteiger partial charge is 0.493 e. The van der Waals surface area contributed by atoms with Gasteiger partial charge in [-0.3, -0.25) is 0 Å². The summed E-state index contributed by atoms with van der Waals surface area (Å²) in [4.78, 5) is 0. The summed E-state index contributed by atoms with van der Waals surface area (Å²) in [7, 11) is 1.68. The third kappa shape index (κ3) is 6.60. The molecule has 0 fully saturated rings. The first-order valence-corrected chi connectivity index (χ1v) is 8.54. The van der Waals surface area contributed by atoms with Crippen molar-refractivity contribution in [2.75, 3.05) is 7.11 Å². The van der Waals surface area contributed by atoms with Gasteiger partial charge in [-0.1, -0.05) is 42.8 Å². The Morgan fingerprint density at radius 2 is 1.76 bits per heavy atom. The van der Waals surface area contributed by atoms with Gasteiger partial charge in [0.25, 0.3) is 0 Å². The number of aryl methyl sites for hydroxylation is 1. The highest BCUT2D eigenvalue weighted by atomic mass is 35.5. The Morgan fingerprint density at radius 3 is 2.40 bits per heavy atom. The topological polar surface area (TPSA) is 30.5 Å². The molecule has 0 aliphatic rings. The number of hydrogen-bond donors (Lipinski definition) is 1. The summed E-state index contributed by atoms with van der Waals surface area (Å²) in [5.41, 5.74) is 3.72. The van der Waals surface area contributed by atoms with E-state index < -0.39 is 0 Å². The van der Waals surface area contributed by atoms with Crippen LogP contribution in [-0.4, -0.2) is 12.6 Å². The molecule has 0 aromatic heterocycles. The van der Waals surface area contributed by atoms with Crippen LogP contribution in [0.2, 0.25) is 0 Å². The van der Waals surface area contributed by atoms with Crippen molar-refractivity contribution >= 4 is 12.4 Å². The summed E-state index contributed by atoms with van der Waals surface area (Å²) in [6, 6.07) is 14.5. The summed E-state index contributed by atoms with van der Waals surface area (Å²) < 4.78 is 11.4.